The number of hydrogen-bond acceptors (Lipinski definition) is 7. The van der Waals surface area contributed by atoms with E-state index in [1.807, 2.05) is 0 Å². The molecule has 1 N–H and O–H groups in total. The highest BCUT2D eigenvalue weighted by Gasteiger charge is 2.16. The van der Waals surface area contributed by atoms with Crippen molar-refractivity contribution in [1.82, 2.24) is 10.2 Å². The van der Waals surface area contributed by atoms with E-state index in [0.29, 0.717) is 10.2 Å². The van der Waals surface area contributed by atoms with Crippen LogP contribution in [0.5, 0.6) is 0 Å². The number of furan rings is 1. The third-order valence-corrected chi connectivity index (χ3v) is 4.49. The van der Waals surface area contributed by atoms with Crippen molar-refractivity contribution < 1.29 is 22.0 Å². The predicted molar refractivity (Wildman–Crippen MR) is 87.2 cm³/mol. The highest BCUT2D eigenvalue weighted by molar-refractivity contribution is 9.10. The quantitative estimate of drug-likeness (QED) is 0.701. The van der Waals surface area contributed by atoms with Gasteiger partial charge in [0.25, 0.3) is 5.91 Å². The first-order chi connectivity index (χ1) is 11.3. The molecular formula is C14H10BrN3O5S. The lowest BCUT2D eigenvalue weighted by Gasteiger charge is -2.00. The van der Waals surface area contributed by atoms with Crippen LogP contribution in [0.2, 0.25) is 0 Å². The summed E-state index contributed by atoms with van der Waals surface area (Å²) in [6, 6.07) is 8.99. The topological polar surface area (TPSA) is 115 Å². The van der Waals surface area contributed by atoms with Crippen LogP contribution in [-0.4, -0.2) is 30.8 Å². The number of aromatic nitrogens is 2. The number of carbonyl (C=O) groups excluding carboxylic acids is 1. The molecule has 0 aliphatic heterocycles. The fourth-order valence-corrected chi connectivity index (χ4v) is 2.82. The first-order valence-electron chi connectivity index (χ1n) is 6.53. The van der Waals surface area contributed by atoms with Gasteiger partial charge < -0.3 is 8.83 Å². The highest BCUT2D eigenvalue weighted by atomic mass is 79.9. The number of carbonyl (C=O) groups is 1. The van der Waals surface area contributed by atoms with Crippen LogP contribution in [0.15, 0.2) is 54.8 Å². The van der Waals surface area contributed by atoms with Crippen molar-refractivity contribution in [2.75, 3.05) is 11.6 Å². The Morgan fingerprint density at radius 2 is 1.96 bits per heavy atom. The molecule has 0 aliphatic carbocycles. The Bertz CT molecular complexity index is 1010. The van der Waals surface area contributed by atoms with E-state index in [1.165, 1.54) is 18.2 Å². The van der Waals surface area contributed by atoms with E-state index in [1.54, 1.807) is 18.2 Å². The maximum absolute atomic E-state index is 11.9. The molecule has 0 aliphatic rings. The summed E-state index contributed by atoms with van der Waals surface area (Å²) in [5, 5.41) is 9.90. The minimum atomic E-state index is -3.36. The van der Waals surface area contributed by atoms with Gasteiger partial charge in [0.05, 0.1) is 4.90 Å². The molecule has 8 nitrogen and oxygen atoms in total. The molecule has 2 aromatic heterocycles. The predicted octanol–water partition coefficient (Wildman–Crippen LogP) is 2.75. The van der Waals surface area contributed by atoms with E-state index < -0.39 is 15.7 Å². The Labute approximate surface area is 144 Å². The average molecular weight is 412 g/mol. The Kier molecular flexibility index (Phi) is 4.24. The summed E-state index contributed by atoms with van der Waals surface area (Å²) < 4.78 is 34.0. The second-order valence-corrected chi connectivity index (χ2v) is 7.57. The van der Waals surface area contributed by atoms with Crippen LogP contribution in [0, 0.1) is 0 Å². The van der Waals surface area contributed by atoms with Gasteiger partial charge in [-0.2, -0.15) is 0 Å². The molecular weight excluding hydrogens is 402 g/mol. The number of nitrogens with zero attached hydrogens (tertiary/aromatic N) is 2. The van der Waals surface area contributed by atoms with E-state index in [9.17, 15) is 13.2 Å². The number of amides is 1. The molecule has 0 spiro atoms. The van der Waals surface area contributed by atoms with Gasteiger partial charge in [-0.1, -0.05) is 11.2 Å². The molecule has 0 saturated carbocycles. The molecule has 3 aromatic rings. The van der Waals surface area contributed by atoms with Crippen LogP contribution in [0.1, 0.15) is 10.6 Å². The van der Waals surface area contributed by atoms with Gasteiger partial charge in [-0.15, -0.1) is 5.10 Å². The lowest BCUT2D eigenvalue weighted by molar-refractivity contribution is 0.0992. The fourth-order valence-electron chi connectivity index (χ4n) is 1.85. The summed E-state index contributed by atoms with van der Waals surface area (Å²) in [5.41, 5.74) is 0.423. The number of rotatable bonds is 4. The van der Waals surface area contributed by atoms with Crippen molar-refractivity contribution in [3.63, 3.8) is 0 Å². The first-order valence-corrected chi connectivity index (χ1v) is 9.22. The van der Waals surface area contributed by atoms with E-state index >= 15 is 0 Å². The minimum absolute atomic E-state index is 0.0701. The lowest BCUT2D eigenvalue weighted by Crippen LogP contribution is -2.10. The van der Waals surface area contributed by atoms with Gasteiger partial charge in [-0.3, -0.25) is 10.1 Å². The third-order valence-electron chi connectivity index (χ3n) is 2.95. The van der Waals surface area contributed by atoms with Crippen LogP contribution in [0.25, 0.3) is 11.5 Å². The Morgan fingerprint density at radius 3 is 2.62 bits per heavy atom. The number of hydrogen-bond donors (Lipinski definition) is 1. The van der Waals surface area contributed by atoms with Gasteiger partial charge in [-0.05, 0) is 46.3 Å². The van der Waals surface area contributed by atoms with Gasteiger partial charge in [0.2, 0.25) is 5.89 Å². The Morgan fingerprint density at radius 1 is 1.17 bits per heavy atom. The number of benzene rings is 1. The van der Waals surface area contributed by atoms with Crippen LogP contribution in [0.3, 0.4) is 0 Å². The first kappa shape index (κ1) is 16.4. The molecule has 10 heteroatoms. The molecule has 0 atom stereocenters. The largest absolute Gasteiger partial charge is 0.444 e. The van der Waals surface area contributed by atoms with Crippen molar-refractivity contribution in [1.29, 1.82) is 0 Å². The normalized spacial score (nSPS) is 11.4. The molecule has 3 rings (SSSR count). The van der Waals surface area contributed by atoms with Crippen LogP contribution in [0.4, 0.5) is 6.01 Å². The minimum Gasteiger partial charge on any atom is -0.444 e. The zero-order valence-corrected chi connectivity index (χ0v) is 14.6. The van der Waals surface area contributed by atoms with E-state index in [4.69, 9.17) is 8.83 Å². The van der Waals surface area contributed by atoms with Crippen molar-refractivity contribution in [3.8, 4) is 11.5 Å². The van der Waals surface area contributed by atoms with Gasteiger partial charge in [0.1, 0.15) is 0 Å². The molecule has 0 unspecified atom stereocenters. The van der Waals surface area contributed by atoms with Gasteiger partial charge >= 0.3 is 6.01 Å². The fraction of sp³-hybridized carbons (Fsp3) is 0.0714. The molecule has 0 bridgehead atoms. The molecule has 2 heterocycles. The van der Waals surface area contributed by atoms with E-state index in [-0.39, 0.29) is 22.6 Å². The van der Waals surface area contributed by atoms with E-state index in [2.05, 4.69) is 31.4 Å². The lowest BCUT2D eigenvalue weighted by atomic mass is 10.2. The molecule has 0 radical (unpaired) electrons. The van der Waals surface area contributed by atoms with Crippen LogP contribution in [-0.2, 0) is 9.84 Å². The molecule has 0 saturated heterocycles. The second kappa shape index (κ2) is 6.21. The summed E-state index contributed by atoms with van der Waals surface area (Å²) in [5.74, 6) is -0.405. The molecule has 24 heavy (non-hydrogen) atoms. The summed E-state index contributed by atoms with van der Waals surface area (Å²) in [7, 11) is -3.36. The number of sulfone groups is 1. The van der Waals surface area contributed by atoms with Gasteiger partial charge in [0.15, 0.2) is 20.3 Å². The molecule has 0 fully saturated rings. The molecule has 1 aromatic carbocycles. The standard InChI is InChI=1S/C14H10BrN3O5S/c1-24(20,21)9-4-2-3-8(7-9)13-17-18-14(23-13)16-12(19)10-5-6-11(15)22-10/h2-7H,1H3,(H,16,18,19). The number of anilines is 1. The summed E-state index contributed by atoms with van der Waals surface area (Å²) in [6.07, 6.45) is 1.10. The summed E-state index contributed by atoms with van der Waals surface area (Å²) in [4.78, 5) is 12.1. The van der Waals surface area contributed by atoms with Crippen LogP contribution < -0.4 is 5.32 Å². The maximum Gasteiger partial charge on any atom is 0.322 e. The van der Waals surface area contributed by atoms with Crippen LogP contribution >= 0.6 is 15.9 Å². The van der Waals surface area contributed by atoms with Crippen molar-refractivity contribution in [2.24, 2.45) is 0 Å². The zero-order chi connectivity index (χ0) is 17.3. The van der Waals surface area contributed by atoms with Gasteiger partial charge in [-0.25, -0.2) is 8.42 Å². The van der Waals surface area contributed by atoms with E-state index in [0.717, 1.165) is 6.26 Å². The Hall–Kier alpha value is -2.46. The van der Waals surface area contributed by atoms with Crippen molar-refractivity contribution in [3.05, 3.63) is 46.8 Å². The summed E-state index contributed by atoms with van der Waals surface area (Å²) >= 11 is 3.10. The van der Waals surface area contributed by atoms with Gasteiger partial charge in [0, 0.05) is 11.8 Å². The highest BCUT2D eigenvalue weighted by Crippen LogP contribution is 2.23. The monoisotopic (exact) mass is 411 g/mol. The molecule has 1 amide bonds. The maximum atomic E-state index is 11.9. The number of halogens is 1. The van der Waals surface area contributed by atoms with Crippen molar-refractivity contribution >= 4 is 37.7 Å². The molecule has 124 valence electrons. The average Bonchev–Trinajstić information content (AvgIpc) is 3.16. The Balaban J connectivity index is 1.82. The third kappa shape index (κ3) is 3.54. The SMILES string of the molecule is CS(=O)(=O)c1cccc(-c2nnc(NC(=O)c3ccc(Br)o3)o2)c1. The number of nitrogens with one attached hydrogen (secondary N) is 1. The second-order valence-electron chi connectivity index (χ2n) is 4.77. The smallest absolute Gasteiger partial charge is 0.322 e. The summed E-state index contributed by atoms with van der Waals surface area (Å²) in [6.45, 7) is 0. The zero-order valence-electron chi connectivity index (χ0n) is 12.2. The van der Waals surface area contributed by atoms with Crippen molar-refractivity contribution in [2.45, 2.75) is 4.90 Å².